The summed E-state index contributed by atoms with van der Waals surface area (Å²) in [6.07, 6.45) is 0. The second-order valence-electron chi connectivity index (χ2n) is 5.48. The number of aromatic nitrogens is 1. The Labute approximate surface area is 145 Å². The van der Waals surface area contributed by atoms with Crippen LogP contribution in [-0.4, -0.2) is 13.4 Å². The van der Waals surface area contributed by atoms with E-state index in [1.54, 1.807) is 24.3 Å². The molecule has 24 heavy (non-hydrogen) atoms. The summed E-state index contributed by atoms with van der Waals surface area (Å²) >= 11 is 1.19. The van der Waals surface area contributed by atoms with Crippen LogP contribution in [0, 0.1) is 13.8 Å². The summed E-state index contributed by atoms with van der Waals surface area (Å²) in [5, 5.41) is 0.295. The van der Waals surface area contributed by atoms with Crippen LogP contribution >= 0.6 is 11.3 Å². The highest BCUT2D eigenvalue weighted by atomic mass is 32.2. The number of thiazole rings is 1. The first-order valence-corrected chi connectivity index (χ1v) is 9.77. The number of benzene rings is 2. The fraction of sp³-hybridized carbons (Fsp3) is 0.167. The van der Waals surface area contributed by atoms with Gasteiger partial charge in [-0.2, -0.15) is 0 Å². The molecule has 0 atom stereocenters. The number of aryl methyl sites for hydroxylation is 2. The normalized spacial score (nSPS) is 11.4. The minimum absolute atomic E-state index is 0.0232. The molecule has 0 fully saturated rings. The molecule has 0 aliphatic heterocycles. The van der Waals surface area contributed by atoms with Crippen molar-refractivity contribution < 1.29 is 13.2 Å². The highest BCUT2D eigenvalue weighted by Crippen LogP contribution is 2.32. The average molecular weight is 359 g/mol. The summed E-state index contributed by atoms with van der Waals surface area (Å²) in [6, 6.07) is 14.6. The second-order valence-corrected chi connectivity index (χ2v) is 8.16. The van der Waals surface area contributed by atoms with Crippen molar-refractivity contribution >= 4 is 21.2 Å². The largest absolute Gasteiger partial charge is 0.477 e. The fourth-order valence-corrected chi connectivity index (χ4v) is 4.51. The molecular formula is C18H17NO3S2. The molecule has 124 valence electrons. The lowest BCUT2D eigenvalue weighted by Crippen LogP contribution is -2.05. The number of sulfone groups is 1. The van der Waals surface area contributed by atoms with Gasteiger partial charge in [-0.25, -0.2) is 13.4 Å². The molecule has 0 N–H and O–H groups in total. The van der Waals surface area contributed by atoms with E-state index in [1.165, 1.54) is 16.8 Å². The smallest absolute Gasteiger partial charge is 0.228 e. The Hall–Kier alpha value is -2.18. The van der Waals surface area contributed by atoms with Gasteiger partial charge in [-0.1, -0.05) is 53.3 Å². The molecule has 0 amide bonds. The molecule has 1 aromatic heterocycles. The number of ether oxygens (including phenoxy) is 1. The Morgan fingerprint density at radius 2 is 1.75 bits per heavy atom. The molecule has 0 bridgehead atoms. The summed E-state index contributed by atoms with van der Waals surface area (Å²) < 4.78 is 31.3. The van der Waals surface area contributed by atoms with E-state index in [2.05, 4.69) is 4.98 Å². The maximum absolute atomic E-state index is 12.8. The lowest BCUT2D eigenvalue weighted by molar-refractivity contribution is 0.305. The van der Waals surface area contributed by atoms with Gasteiger partial charge in [-0.05, 0) is 37.1 Å². The SMILES string of the molecule is Cc1ccc(S(=O)(=O)c2ncsc2OCc2ccccc2C)cc1. The van der Waals surface area contributed by atoms with E-state index in [9.17, 15) is 8.42 Å². The zero-order chi connectivity index (χ0) is 17.2. The van der Waals surface area contributed by atoms with Gasteiger partial charge >= 0.3 is 0 Å². The van der Waals surface area contributed by atoms with Crippen LogP contribution in [0.2, 0.25) is 0 Å². The number of nitrogens with zero attached hydrogens (tertiary/aromatic N) is 1. The van der Waals surface area contributed by atoms with E-state index in [1.807, 2.05) is 38.1 Å². The lowest BCUT2D eigenvalue weighted by Gasteiger charge is -2.09. The third kappa shape index (κ3) is 3.34. The lowest BCUT2D eigenvalue weighted by atomic mass is 10.1. The average Bonchev–Trinajstić information content (AvgIpc) is 3.04. The van der Waals surface area contributed by atoms with Crippen molar-refractivity contribution in [1.29, 1.82) is 0 Å². The summed E-state index contributed by atoms with van der Waals surface area (Å²) in [6.45, 7) is 4.22. The van der Waals surface area contributed by atoms with Crippen LogP contribution in [0.15, 0.2) is 64.0 Å². The van der Waals surface area contributed by atoms with Gasteiger partial charge in [0.05, 0.1) is 10.4 Å². The standard InChI is InChI=1S/C18H17NO3S2/c1-13-7-9-16(10-8-13)24(20,21)17-18(23-12-19-17)22-11-15-6-4-3-5-14(15)2/h3-10,12H,11H2,1-2H3. The molecule has 6 heteroatoms. The van der Waals surface area contributed by atoms with Crippen molar-refractivity contribution in [2.75, 3.05) is 0 Å². The maximum Gasteiger partial charge on any atom is 0.228 e. The molecule has 3 aromatic rings. The predicted molar refractivity (Wildman–Crippen MR) is 94.3 cm³/mol. The first kappa shape index (κ1) is 16.7. The molecule has 1 heterocycles. The topological polar surface area (TPSA) is 56.3 Å². The minimum Gasteiger partial charge on any atom is -0.477 e. The van der Waals surface area contributed by atoms with Crippen molar-refractivity contribution in [3.05, 3.63) is 70.7 Å². The van der Waals surface area contributed by atoms with Gasteiger partial charge < -0.3 is 4.74 Å². The summed E-state index contributed by atoms with van der Waals surface area (Å²) in [4.78, 5) is 4.25. The molecule has 0 unspecified atom stereocenters. The number of hydrogen-bond acceptors (Lipinski definition) is 5. The molecule has 0 spiro atoms. The van der Waals surface area contributed by atoms with Crippen molar-refractivity contribution in [1.82, 2.24) is 4.98 Å². The van der Waals surface area contributed by atoms with Crippen LogP contribution in [-0.2, 0) is 16.4 Å². The van der Waals surface area contributed by atoms with Crippen molar-refractivity contribution in [3.8, 4) is 5.06 Å². The zero-order valence-corrected chi connectivity index (χ0v) is 15.0. The molecule has 0 aliphatic rings. The van der Waals surface area contributed by atoms with Gasteiger partial charge in [0, 0.05) is 0 Å². The first-order chi connectivity index (χ1) is 11.5. The minimum atomic E-state index is -3.68. The Morgan fingerprint density at radius 1 is 1.04 bits per heavy atom. The zero-order valence-electron chi connectivity index (χ0n) is 13.4. The highest BCUT2D eigenvalue weighted by molar-refractivity contribution is 7.91. The van der Waals surface area contributed by atoms with Gasteiger partial charge in [-0.3, -0.25) is 0 Å². The summed E-state index contributed by atoms with van der Waals surface area (Å²) in [5.41, 5.74) is 4.62. The molecule has 3 rings (SSSR count). The van der Waals surface area contributed by atoms with Gasteiger partial charge in [0.1, 0.15) is 6.61 Å². The molecule has 0 radical (unpaired) electrons. The van der Waals surface area contributed by atoms with Crippen LogP contribution in [0.4, 0.5) is 0 Å². The predicted octanol–water partition coefficient (Wildman–Crippen LogP) is 4.17. The van der Waals surface area contributed by atoms with Crippen LogP contribution in [0.5, 0.6) is 5.06 Å². The van der Waals surface area contributed by atoms with E-state index >= 15 is 0 Å². The Morgan fingerprint density at radius 3 is 2.46 bits per heavy atom. The molecular weight excluding hydrogens is 342 g/mol. The highest BCUT2D eigenvalue weighted by Gasteiger charge is 2.25. The Kier molecular flexibility index (Phi) is 4.69. The van der Waals surface area contributed by atoms with Crippen LogP contribution in [0.1, 0.15) is 16.7 Å². The Bertz CT molecular complexity index is 944. The molecule has 0 saturated heterocycles. The molecule has 0 aliphatic carbocycles. The third-order valence-electron chi connectivity index (χ3n) is 3.71. The van der Waals surface area contributed by atoms with E-state index < -0.39 is 9.84 Å². The maximum atomic E-state index is 12.8. The van der Waals surface area contributed by atoms with Crippen LogP contribution < -0.4 is 4.74 Å². The van der Waals surface area contributed by atoms with E-state index in [4.69, 9.17) is 4.74 Å². The molecule has 0 saturated carbocycles. The van der Waals surface area contributed by atoms with E-state index in [0.717, 1.165) is 16.7 Å². The van der Waals surface area contributed by atoms with Crippen molar-refractivity contribution in [2.45, 2.75) is 30.4 Å². The van der Waals surface area contributed by atoms with Gasteiger partial charge in [0.25, 0.3) is 0 Å². The summed E-state index contributed by atoms with van der Waals surface area (Å²) in [7, 11) is -3.68. The van der Waals surface area contributed by atoms with Gasteiger partial charge in [0.15, 0.2) is 0 Å². The van der Waals surface area contributed by atoms with Gasteiger partial charge in [-0.15, -0.1) is 0 Å². The third-order valence-corrected chi connectivity index (χ3v) is 6.27. The van der Waals surface area contributed by atoms with Crippen LogP contribution in [0.3, 0.4) is 0 Å². The Balaban J connectivity index is 1.87. The van der Waals surface area contributed by atoms with Gasteiger partial charge in [0.2, 0.25) is 19.9 Å². The van der Waals surface area contributed by atoms with E-state index in [-0.39, 0.29) is 9.92 Å². The van der Waals surface area contributed by atoms with Crippen LogP contribution in [0.25, 0.3) is 0 Å². The first-order valence-electron chi connectivity index (χ1n) is 7.41. The van der Waals surface area contributed by atoms with Crippen molar-refractivity contribution in [2.24, 2.45) is 0 Å². The molecule has 2 aromatic carbocycles. The van der Waals surface area contributed by atoms with E-state index in [0.29, 0.717) is 11.7 Å². The summed E-state index contributed by atoms with van der Waals surface area (Å²) in [5.74, 6) is 0. The van der Waals surface area contributed by atoms with Crippen molar-refractivity contribution in [3.63, 3.8) is 0 Å². The monoisotopic (exact) mass is 359 g/mol. The fourth-order valence-electron chi connectivity index (χ4n) is 2.24. The number of rotatable bonds is 5. The second kappa shape index (κ2) is 6.75. The quantitative estimate of drug-likeness (QED) is 0.686. The molecule has 4 nitrogen and oxygen atoms in total. The number of hydrogen-bond donors (Lipinski definition) is 0.